The van der Waals surface area contributed by atoms with Crippen LogP contribution in [0.25, 0.3) is 35.4 Å². The molecule has 0 bridgehead atoms. The molecule has 0 saturated heterocycles. The fourth-order valence-electron chi connectivity index (χ4n) is 3.70. The molecule has 0 radical (unpaired) electrons. The van der Waals surface area contributed by atoms with Crippen molar-refractivity contribution in [3.8, 4) is 11.1 Å². The van der Waals surface area contributed by atoms with E-state index >= 15 is 0 Å². The summed E-state index contributed by atoms with van der Waals surface area (Å²) in [6.07, 6.45) is 7.12. The molecule has 0 heterocycles. The van der Waals surface area contributed by atoms with Crippen LogP contribution in [0.3, 0.4) is 0 Å². The molecule has 0 aliphatic heterocycles. The second-order valence-electron chi connectivity index (χ2n) is 8.08. The second-order valence-corrected chi connectivity index (χ2v) is 11.1. The van der Waals surface area contributed by atoms with Gasteiger partial charge < -0.3 is 0 Å². The maximum Gasteiger partial charge on any atom is 0.238 e. The minimum absolute atomic E-state index is 0.0835. The van der Waals surface area contributed by atoms with Crippen molar-refractivity contribution < 1.29 is 16.8 Å². The molecule has 182 valence electrons. The molecule has 4 aromatic rings. The summed E-state index contributed by atoms with van der Waals surface area (Å²) < 4.78 is 47.1. The molecule has 0 aliphatic carbocycles. The molecule has 0 atom stereocenters. The van der Waals surface area contributed by atoms with Crippen molar-refractivity contribution in [2.24, 2.45) is 10.3 Å². The van der Waals surface area contributed by atoms with E-state index in [0.717, 1.165) is 22.3 Å². The standard InChI is InChI=1S/C28H24N2O4S2/c29-35(31,32)27-7-3-1-5-25(27)19-13-21-9-15-23(16-10-21)24-17-11-22(12-18-24)14-20-26-6-2-4-8-28(26)36(30,33)34/h1-20H,(H2,29,31,32)(H2,30,33,34)/b19-13+,20-14+. The van der Waals surface area contributed by atoms with E-state index in [9.17, 15) is 16.8 Å². The van der Waals surface area contributed by atoms with Gasteiger partial charge in [0, 0.05) is 0 Å². The number of hydrogen-bond acceptors (Lipinski definition) is 4. The SMILES string of the molecule is NS(=O)(=O)c1ccccc1/C=C/c1ccc(-c2ccc(/C=C/c3ccccc3S(N)(=O)=O)cc2)cc1. The van der Waals surface area contributed by atoms with Crippen LogP contribution in [0.15, 0.2) is 107 Å². The van der Waals surface area contributed by atoms with Crippen molar-refractivity contribution >= 4 is 44.4 Å². The van der Waals surface area contributed by atoms with Gasteiger partial charge in [0.05, 0.1) is 9.79 Å². The third kappa shape index (κ3) is 6.24. The molecule has 0 saturated carbocycles. The van der Waals surface area contributed by atoms with E-state index < -0.39 is 20.0 Å². The zero-order chi connectivity index (χ0) is 25.8. The van der Waals surface area contributed by atoms with Crippen LogP contribution in [0, 0.1) is 0 Å². The molecule has 4 N–H and O–H groups in total. The normalized spacial score (nSPS) is 12.4. The van der Waals surface area contributed by atoms with E-state index in [0.29, 0.717) is 11.1 Å². The number of sulfonamides is 2. The summed E-state index contributed by atoms with van der Waals surface area (Å²) in [4.78, 5) is 0.167. The Balaban J connectivity index is 1.49. The molecule has 4 rings (SSSR count). The van der Waals surface area contributed by atoms with Gasteiger partial charge in [-0.3, -0.25) is 0 Å². The maximum absolute atomic E-state index is 11.8. The summed E-state index contributed by atoms with van der Waals surface area (Å²) in [7, 11) is -7.60. The van der Waals surface area contributed by atoms with E-state index in [-0.39, 0.29) is 9.79 Å². The van der Waals surface area contributed by atoms with Gasteiger partial charge in [0.2, 0.25) is 20.0 Å². The van der Waals surface area contributed by atoms with Crippen molar-refractivity contribution in [3.63, 3.8) is 0 Å². The highest BCUT2D eigenvalue weighted by Crippen LogP contribution is 2.23. The topological polar surface area (TPSA) is 120 Å². The minimum Gasteiger partial charge on any atom is -0.225 e. The van der Waals surface area contributed by atoms with Crippen LogP contribution < -0.4 is 10.3 Å². The summed E-state index contributed by atoms with van der Waals surface area (Å²) in [5.41, 5.74) is 4.92. The number of rotatable bonds is 7. The highest BCUT2D eigenvalue weighted by atomic mass is 32.2. The van der Waals surface area contributed by atoms with Gasteiger partial charge in [-0.25, -0.2) is 27.1 Å². The first-order valence-electron chi connectivity index (χ1n) is 10.9. The summed E-state index contributed by atoms with van der Waals surface area (Å²) in [6, 6.07) is 28.9. The smallest absolute Gasteiger partial charge is 0.225 e. The molecule has 8 heteroatoms. The summed E-state index contributed by atoms with van der Waals surface area (Å²) in [5.74, 6) is 0. The van der Waals surface area contributed by atoms with Crippen LogP contribution in [0.2, 0.25) is 0 Å². The first kappa shape index (κ1) is 25.3. The van der Waals surface area contributed by atoms with Crippen molar-refractivity contribution in [2.75, 3.05) is 0 Å². The molecule has 4 aromatic carbocycles. The molecule has 0 fully saturated rings. The van der Waals surface area contributed by atoms with E-state index in [4.69, 9.17) is 10.3 Å². The van der Waals surface area contributed by atoms with Gasteiger partial charge in [0.25, 0.3) is 0 Å². The van der Waals surface area contributed by atoms with Gasteiger partial charge >= 0.3 is 0 Å². The van der Waals surface area contributed by atoms with Gasteiger partial charge in [-0.1, -0.05) is 109 Å². The molecule has 36 heavy (non-hydrogen) atoms. The van der Waals surface area contributed by atoms with Gasteiger partial charge in [0.15, 0.2) is 0 Å². The zero-order valence-electron chi connectivity index (χ0n) is 19.2. The van der Waals surface area contributed by atoms with Crippen LogP contribution in [0.1, 0.15) is 22.3 Å². The third-order valence-electron chi connectivity index (χ3n) is 5.52. The van der Waals surface area contributed by atoms with Gasteiger partial charge in [0.1, 0.15) is 0 Å². The number of nitrogens with two attached hydrogens (primary N) is 2. The molecule has 0 aliphatic rings. The number of benzene rings is 4. The van der Waals surface area contributed by atoms with Crippen LogP contribution in [-0.4, -0.2) is 16.8 Å². The first-order valence-corrected chi connectivity index (χ1v) is 14.0. The summed E-state index contributed by atoms with van der Waals surface area (Å²) >= 11 is 0. The molecular formula is C28H24N2O4S2. The Labute approximate surface area is 211 Å². The molecule has 0 amide bonds. The number of primary sulfonamides is 2. The lowest BCUT2D eigenvalue weighted by molar-refractivity contribution is 0.596. The van der Waals surface area contributed by atoms with Crippen molar-refractivity contribution in [1.29, 1.82) is 0 Å². The lowest BCUT2D eigenvalue weighted by Crippen LogP contribution is -2.13. The van der Waals surface area contributed by atoms with Crippen LogP contribution in [0.5, 0.6) is 0 Å². The molecule has 0 unspecified atom stereocenters. The quantitative estimate of drug-likeness (QED) is 0.336. The lowest BCUT2D eigenvalue weighted by atomic mass is 10.0. The average molecular weight is 517 g/mol. The summed E-state index contributed by atoms with van der Waals surface area (Å²) in [5, 5.41) is 10.6. The van der Waals surface area contributed by atoms with Crippen molar-refractivity contribution in [2.45, 2.75) is 9.79 Å². The Hall–Kier alpha value is -3.82. The molecule has 0 spiro atoms. The summed E-state index contributed by atoms with van der Waals surface area (Å²) in [6.45, 7) is 0. The second kappa shape index (κ2) is 10.4. The fraction of sp³-hybridized carbons (Fsp3) is 0. The van der Waals surface area contributed by atoms with Crippen molar-refractivity contribution in [3.05, 3.63) is 119 Å². The van der Waals surface area contributed by atoms with E-state index in [2.05, 4.69) is 0 Å². The van der Waals surface area contributed by atoms with Crippen LogP contribution in [-0.2, 0) is 20.0 Å². The first-order chi connectivity index (χ1) is 17.1. The van der Waals surface area contributed by atoms with Gasteiger partial charge in [-0.05, 0) is 45.5 Å². The molecular weight excluding hydrogens is 492 g/mol. The Morgan fingerprint density at radius 1 is 0.444 bits per heavy atom. The Kier molecular flexibility index (Phi) is 7.32. The number of hydrogen-bond donors (Lipinski definition) is 2. The molecule has 6 nitrogen and oxygen atoms in total. The maximum atomic E-state index is 11.8. The Morgan fingerprint density at radius 2 is 0.778 bits per heavy atom. The monoisotopic (exact) mass is 516 g/mol. The fourth-order valence-corrected chi connectivity index (χ4v) is 5.17. The lowest BCUT2D eigenvalue weighted by Gasteiger charge is -2.05. The Morgan fingerprint density at radius 3 is 1.11 bits per heavy atom. The minimum atomic E-state index is -3.80. The van der Waals surface area contributed by atoms with Crippen LogP contribution in [0.4, 0.5) is 0 Å². The molecule has 0 aromatic heterocycles. The highest BCUT2D eigenvalue weighted by Gasteiger charge is 2.11. The van der Waals surface area contributed by atoms with E-state index in [1.807, 2.05) is 60.7 Å². The largest absolute Gasteiger partial charge is 0.238 e. The predicted octanol–water partition coefficient (Wildman–Crippen LogP) is 4.99. The van der Waals surface area contributed by atoms with Gasteiger partial charge in [-0.2, -0.15) is 0 Å². The van der Waals surface area contributed by atoms with Crippen LogP contribution >= 0.6 is 0 Å². The predicted molar refractivity (Wildman–Crippen MR) is 145 cm³/mol. The zero-order valence-corrected chi connectivity index (χ0v) is 20.8. The Bertz CT molecular complexity index is 1530. The van der Waals surface area contributed by atoms with Crippen molar-refractivity contribution in [1.82, 2.24) is 0 Å². The third-order valence-corrected chi connectivity index (χ3v) is 7.49. The highest BCUT2D eigenvalue weighted by molar-refractivity contribution is 7.89. The van der Waals surface area contributed by atoms with E-state index in [1.165, 1.54) is 12.1 Å². The van der Waals surface area contributed by atoms with E-state index in [1.54, 1.807) is 48.6 Å². The van der Waals surface area contributed by atoms with Gasteiger partial charge in [-0.15, -0.1) is 0 Å². The average Bonchev–Trinajstić information content (AvgIpc) is 2.86.